The molecule has 0 atom stereocenters. The van der Waals surface area contributed by atoms with Gasteiger partial charge >= 0.3 is 0 Å². The van der Waals surface area contributed by atoms with Gasteiger partial charge in [-0.3, -0.25) is 4.79 Å². The van der Waals surface area contributed by atoms with Crippen molar-refractivity contribution < 1.29 is 4.79 Å². The first kappa shape index (κ1) is 19.5. The van der Waals surface area contributed by atoms with Crippen molar-refractivity contribution in [1.29, 1.82) is 0 Å². The number of benzene rings is 1. The van der Waals surface area contributed by atoms with Crippen molar-refractivity contribution in [3.8, 4) is 5.69 Å². The summed E-state index contributed by atoms with van der Waals surface area (Å²) in [6.45, 7) is 4.81. The minimum Gasteiger partial charge on any atom is -0.352 e. The van der Waals surface area contributed by atoms with Crippen LogP contribution >= 0.6 is 0 Å². The Bertz CT molecular complexity index is 964. The third kappa shape index (κ3) is 4.29. The maximum atomic E-state index is 12.8. The number of amides is 1. The molecule has 5 nitrogen and oxygen atoms in total. The van der Waals surface area contributed by atoms with E-state index in [0.29, 0.717) is 12.6 Å². The monoisotopic (exact) mass is 390 g/mol. The zero-order chi connectivity index (χ0) is 20.2. The molecule has 1 saturated carbocycles. The molecule has 0 bridgehead atoms. The smallest absolute Gasteiger partial charge is 0.253 e. The molecular weight excluding hydrogens is 360 g/mol. The van der Waals surface area contributed by atoms with Gasteiger partial charge in [-0.05, 0) is 56.9 Å². The molecule has 4 rings (SSSR count). The highest BCUT2D eigenvalue weighted by atomic mass is 16.1. The number of aromatic nitrogens is 3. The summed E-state index contributed by atoms with van der Waals surface area (Å²) < 4.78 is 4.26. The standard InChI is InChI=1S/C24H30N4O/c1-18-15-23(19(2)28(18)22-11-7-4-8-12-22)24(29)25-14-13-20-16-26-27(17-20)21-9-5-3-6-10-21/h3,5-6,9-10,15-17,22H,4,7-8,11-14H2,1-2H3,(H,25,29). The van der Waals surface area contributed by atoms with Crippen molar-refractivity contribution in [2.75, 3.05) is 6.54 Å². The zero-order valence-corrected chi connectivity index (χ0v) is 17.4. The van der Waals surface area contributed by atoms with Gasteiger partial charge in [0.15, 0.2) is 0 Å². The SMILES string of the molecule is Cc1cc(C(=O)NCCc2cnn(-c3ccccc3)c2)c(C)n1C1CCCCC1. The molecule has 2 aromatic heterocycles. The Kier molecular flexibility index (Phi) is 5.84. The van der Waals surface area contributed by atoms with E-state index in [1.807, 2.05) is 53.5 Å². The van der Waals surface area contributed by atoms with Crippen LogP contribution in [0.5, 0.6) is 0 Å². The van der Waals surface area contributed by atoms with E-state index >= 15 is 0 Å². The summed E-state index contributed by atoms with van der Waals surface area (Å²) in [7, 11) is 0. The minimum absolute atomic E-state index is 0.0237. The molecule has 0 unspecified atom stereocenters. The molecule has 0 radical (unpaired) electrons. The molecule has 152 valence electrons. The van der Waals surface area contributed by atoms with Gasteiger partial charge < -0.3 is 9.88 Å². The fourth-order valence-corrected chi connectivity index (χ4v) is 4.53. The zero-order valence-electron chi connectivity index (χ0n) is 17.4. The van der Waals surface area contributed by atoms with Crippen LogP contribution in [0.1, 0.15) is 65.5 Å². The van der Waals surface area contributed by atoms with E-state index in [0.717, 1.165) is 28.9 Å². The van der Waals surface area contributed by atoms with Crippen LogP contribution in [0.15, 0.2) is 48.8 Å². The molecule has 29 heavy (non-hydrogen) atoms. The van der Waals surface area contributed by atoms with Crippen molar-refractivity contribution in [2.45, 2.75) is 58.4 Å². The Balaban J connectivity index is 1.36. The Morgan fingerprint density at radius 3 is 2.66 bits per heavy atom. The van der Waals surface area contributed by atoms with Gasteiger partial charge in [-0.15, -0.1) is 0 Å². The predicted octanol–water partition coefficient (Wildman–Crippen LogP) is 4.77. The van der Waals surface area contributed by atoms with E-state index in [1.54, 1.807) is 0 Å². The average molecular weight is 391 g/mol. The lowest BCUT2D eigenvalue weighted by Gasteiger charge is -2.26. The second-order valence-electron chi connectivity index (χ2n) is 8.08. The number of nitrogens with one attached hydrogen (secondary N) is 1. The quantitative estimate of drug-likeness (QED) is 0.659. The third-order valence-electron chi connectivity index (χ3n) is 6.02. The summed E-state index contributed by atoms with van der Waals surface area (Å²) >= 11 is 0. The minimum atomic E-state index is 0.0237. The molecule has 2 heterocycles. The van der Waals surface area contributed by atoms with Crippen LogP contribution in [-0.2, 0) is 6.42 Å². The van der Waals surface area contributed by atoms with Crippen LogP contribution in [-0.4, -0.2) is 26.8 Å². The van der Waals surface area contributed by atoms with E-state index < -0.39 is 0 Å². The maximum absolute atomic E-state index is 12.8. The van der Waals surface area contributed by atoms with Gasteiger partial charge in [-0.25, -0.2) is 4.68 Å². The second kappa shape index (κ2) is 8.68. The fourth-order valence-electron chi connectivity index (χ4n) is 4.53. The topological polar surface area (TPSA) is 51.9 Å². The van der Waals surface area contributed by atoms with Gasteiger partial charge in [0.25, 0.3) is 5.91 Å². The van der Waals surface area contributed by atoms with E-state index in [4.69, 9.17) is 0 Å². The van der Waals surface area contributed by atoms with Gasteiger partial charge in [0, 0.05) is 30.2 Å². The number of rotatable bonds is 6. The molecular formula is C24H30N4O. The Morgan fingerprint density at radius 1 is 1.14 bits per heavy atom. The van der Waals surface area contributed by atoms with E-state index in [9.17, 15) is 4.79 Å². The molecule has 1 aromatic carbocycles. The summed E-state index contributed by atoms with van der Waals surface area (Å²) in [5.41, 5.74) is 5.26. The molecule has 5 heteroatoms. The van der Waals surface area contributed by atoms with Crippen LogP contribution in [0.25, 0.3) is 5.69 Å². The molecule has 0 spiro atoms. The Labute approximate surface area is 172 Å². The largest absolute Gasteiger partial charge is 0.352 e. The lowest BCUT2D eigenvalue weighted by molar-refractivity contribution is 0.0953. The first-order chi connectivity index (χ1) is 14.1. The molecule has 1 amide bonds. The van der Waals surface area contributed by atoms with E-state index in [1.165, 1.54) is 37.8 Å². The van der Waals surface area contributed by atoms with Crippen LogP contribution in [0.4, 0.5) is 0 Å². The van der Waals surface area contributed by atoms with E-state index in [-0.39, 0.29) is 5.91 Å². The maximum Gasteiger partial charge on any atom is 0.253 e. The van der Waals surface area contributed by atoms with Gasteiger partial charge in [0.1, 0.15) is 0 Å². The highest BCUT2D eigenvalue weighted by Gasteiger charge is 2.22. The van der Waals surface area contributed by atoms with Crippen LogP contribution in [0.2, 0.25) is 0 Å². The lowest BCUT2D eigenvalue weighted by atomic mass is 9.95. The Hall–Kier alpha value is -2.82. The number of nitrogens with zero attached hydrogens (tertiary/aromatic N) is 3. The molecule has 1 aliphatic rings. The average Bonchev–Trinajstić information content (AvgIpc) is 3.33. The van der Waals surface area contributed by atoms with Crippen LogP contribution < -0.4 is 5.32 Å². The number of hydrogen-bond donors (Lipinski definition) is 1. The first-order valence-corrected chi connectivity index (χ1v) is 10.7. The van der Waals surface area contributed by atoms with Gasteiger partial charge in [0.2, 0.25) is 0 Å². The van der Waals surface area contributed by atoms with Gasteiger partial charge in [-0.2, -0.15) is 5.10 Å². The van der Waals surface area contributed by atoms with Crippen LogP contribution in [0.3, 0.4) is 0 Å². The molecule has 0 aliphatic heterocycles. The molecule has 1 N–H and O–H groups in total. The highest BCUT2D eigenvalue weighted by molar-refractivity contribution is 5.95. The Morgan fingerprint density at radius 2 is 1.90 bits per heavy atom. The number of para-hydroxylation sites is 1. The first-order valence-electron chi connectivity index (χ1n) is 10.7. The normalized spacial score (nSPS) is 14.8. The number of hydrogen-bond acceptors (Lipinski definition) is 2. The lowest BCUT2D eigenvalue weighted by Crippen LogP contribution is -2.26. The van der Waals surface area contributed by atoms with Crippen molar-refractivity contribution in [1.82, 2.24) is 19.7 Å². The summed E-state index contributed by atoms with van der Waals surface area (Å²) in [6, 6.07) is 12.7. The van der Waals surface area contributed by atoms with Gasteiger partial charge in [0.05, 0.1) is 17.4 Å². The van der Waals surface area contributed by atoms with Crippen molar-refractivity contribution in [3.05, 3.63) is 71.3 Å². The van der Waals surface area contributed by atoms with Crippen molar-refractivity contribution in [3.63, 3.8) is 0 Å². The number of carbonyl (C=O) groups excluding carboxylic acids is 1. The van der Waals surface area contributed by atoms with E-state index in [2.05, 4.69) is 28.8 Å². The van der Waals surface area contributed by atoms with Crippen molar-refractivity contribution >= 4 is 5.91 Å². The van der Waals surface area contributed by atoms with Gasteiger partial charge in [-0.1, -0.05) is 37.5 Å². The summed E-state index contributed by atoms with van der Waals surface area (Å²) in [5.74, 6) is 0.0237. The molecule has 1 fully saturated rings. The number of aryl methyl sites for hydroxylation is 1. The fraction of sp³-hybridized carbons (Fsp3) is 0.417. The molecule has 0 saturated heterocycles. The third-order valence-corrected chi connectivity index (χ3v) is 6.02. The second-order valence-corrected chi connectivity index (χ2v) is 8.08. The predicted molar refractivity (Wildman–Crippen MR) is 116 cm³/mol. The molecule has 3 aromatic rings. The summed E-state index contributed by atoms with van der Waals surface area (Å²) in [4.78, 5) is 12.8. The van der Waals surface area contributed by atoms with Crippen LogP contribution in [0, 0.1) is 13.8 Å². The highest BCUT2D eigenvalue weighted by Crippen LogP contribution is 2.32. The van der Waals surface area contributed by atoms with Crippen molar-refractivity contribution in [2.24, 2.45) is 0 Å². The summed E-state index contributed by atoms with van der Waals surface area (Å²) in [6.07, 6.45) is 11.0. The number of carbonyl (C=O) groups is 1. The summed E-state index contributed by atoms with van der Waals surface area (Å²) in [5, 5.41) is 7.52. The molecule has 1 aliphatic carbocycles.